The van der Waals surface area contributed by atoms with Crippen LogP contribution in [0.3, 0.4) is 0 Å². The fourth-order valence-corrected chi connectivity index (χ4v) is 2.08. The van der Waals surface area contributed by atoms with E-state index in [2.05, 4.69) is 21.2 Å². The van der Waals surface area contributed by atoms with Crippen molar-refractivity contribution in [2.24, 2.45) is 5.73 Å². The number of methoxy groups -OCH3 is 1. The summed E-state index contributed by atoms with van der Waals surface area (Å²) in [5.41, 5.74) is 6.76. The van der Waals surface area contributed by atoms with E-state index in [1.807, 2.05) is 0 Å². The van der Waals surface area contributed by atoms with E-state index in [4.69, 9.17) is 15.6 Å². The van der Waals surface area contributed by atoms with Gasteiger partial charge in [0, 0.05) is 4.47 Å². The molecular weight excluding hydrogens is 316 g/mol. The topological polar surface area (TPSA) is 102 Å². The summed E-state index contributed by atoms with van der Waals surface area (Å²) in [5.74, 6) is -1.21. The molecule has 7 heteroatoms. The highest BCUT2D eigenvalue weighted by atomic mass is 79.9. The number of carboxylic acid groups (broad SMARTS) is 1. The van der Waals surface area contributed by atoms with Gasteiger partial charge in [-0.3, -0.25) is 9.59 Å². The van der Waals surface area contributed by atoms with Crippen molar-refractivity contribution in [3.8, 4) is 5.75 Å². The monoisotopic (exact) mass is 330 g/mol. The lowest BCUT2D eigenvalue weighted by atomic mass is 10.1. The first-order valence-electron chi connectivity index (χ1n) is 5.47. The first kappa shape index (κ1) is 15.5. The van der Waals surface area contributed by atoms with E-state index >= 15 is 0 Å². The van der Waals surface area contributed by atoms with E-state index in [0.29, 0.717) is 11.4 Å². The van der Waals surface area contributed by atoms with Crippen molar-refractivity contribution < 1.29 is 19.4 Å². The van der Waals surface area contributed by atoms with E-state index in [1.54, 1.807) is 19.1 Å². The van der Waals surface area contributed by atoms with Gasteiger partial charge in [0.25, 0.3) is 0 Å². The Bertz CT molecular complexity index is 505. The second kappa shape index (κ2) is 6.53. The van der Waals surface area contributed by atoms with E-state index in [-0.39, 0.29) is 0 Å². The molecule has 19 heavy (non-hydrogen) atoms. The Labute approximate surface area is 119 Å². The summed E-state index contributed by atoms with van der Waals surface area (Å²) in [6.07, 6.45) is -0.427. The van der Waals surface area contributed by atoms with E-state index in [0.717, 1.165) is 10.0 Å². The number of aliphatic carboxylic acids is 1. The third-order valence-electron chi connectivity index (χ3n) is 2.46. The van der Waals surface area contributed by atoms with Crippen molar-refractivity contribution >= 4 is 33.5 Å². The molecule has 6 nitrogen and oxygen atoms in total. The van der Waals surface area contributed by atoms with Gasteiger partial charge in [0.2, 0.25) is 5.91 Å². The van der Waals surface area contributed by atoms with Crippen molar-refractivity contribution in [3.63, 3.8) is 0 Å². The van der Waals surface area contributed by atoms with Gasteiger partial charge in [0.1, 0.15) is 5.75 Å². The fraction of sp³-hybridized carbons (Fsp3) is 0.333. The summed E-state index contributed by atoms with van der Waals surface area (Å²) in [6.45, 7) is 1.80. The molecule has 0 aliphatic heterocycles. The van der Waals surface area contributed by atoms with Gasteiger partial charge in [0.05, 0.1) is 25.3 Å². The number of anilines is 1. The van der Waals surface area contributed by atoms with Crippen LogP contribution in [0.4, 0.5) is 5.69 Å². The highest BCUT2D eigenvalue weighted by molar-refractivity contribution is 9.10. The summed E-state index contributed by atoms with van der Waals surface area (Å²) in [6, 6.07) is 2.40. The molecule has 1 aromatic rings. The van der Waals surface area contributed by atoms with Crippen molar-refractivity contribution in [2.45, 2.75) is 19.4 Å². The van der Waals surface area contributed by atoms with Crippen molar-refractivity contribution in [1.29, 1.82) is 0 Å². The number of benzene rings is 1. The van der Waals surface area contributed by atoms with Crippen molar-refractivity contribution in [3.05, 3.63) is 22.2 Å². The standard InChI is InChI=1S/C12H15BrN2O4/c1-6-3-7(13)4-9(19-2)11(6)15-12(18)8(14)5-10(16)17/h3-4,8H,5,14H2,1-2H3,(H,15,18)(H,16,17). The summed E-state index contributed by atoms with van der Waals surface area (Å²) in [4.78, 5) is 22.3. The summed E-state index contributed by atoms with van der Waals surface area (Å²) < 4.78 is 5.98. The summed E-state index contributed by atoms with van der Waals surface area (Å²) >= 11 is 3.32. The van der Waals surface area contributed by atoms with Crippen LogP contribution < -0.4 is 15.8 Å². The third kappa shape index (κ3) is 4.22. The molecule has 1 rings (SSSR count). The normalized spacial score (nSPS) is 11.8. The maximum absolute atomic E-state index is 11.8. The Morgan fingerprint density at radius 1 is 1.53 bits per heavy atom. The number of nitrogens with two attached hydrogens (primary N) is 1. The molecule has 0 radical (unpaired) electrons. The fourth-order valence-electron chi connectivity index (χ4n) is 1.53. The van der Waals surface area contributed by atoms with Gasteiger partial charge in [0.15, 0.2) is 0 Å². The maximum Gasteiger partial charge on any atom is 0.305 e. The second-order valence-electron chi connectivity index (χ2n) is 3.99. The van der Waals surface area contributed by atoms with Crippen LogP contribution in [0.5, 0.6) is 5.75 Å². The molecule has 4 N–H and O–H groups in total. The third-order valence-corrected chi connectivity index (χ3v) is 2.92. The number of amides is 1. The van der Waals surface area contributed by atoms with Gasteiger partial charge in [-0.1, -0.05) is 15.9 Å². The quantitative estimate of drug-likeness (QED) is 0.759. The number of nitrogens with one attached hydrogen (secondary N) is 1. The number of ether oxygens (including phenoxy) is 1. The Kier molecular flexibility index (Phi) is 5.31. The van der Waals surface area contributed by atoms with Crippen LogP contribution in [0.25, 0.3) is 0 Å². The molecule has 1 amide bonds. The highest BCUT2D eigenvalue weighted by Crippen LogP contribution is 2.32. The van der Waals surface area contributed by atoms with Gasteiger partial charge in [-0.05, 0) is 24.6 Å². The average molecular weight is 331 g/mol. The minimum absolute atomic E-state index is 0.427. The van der Waals surface area contributed by atoms with E-state index in [9.17, 15) is 9.59 Å². The first-order valence-corrected chi connectivity index (χ1v) is 6.26. The maximum atomic E-state index is 11.8. The molecule has 0 heterocycles. The lowest BCUT2D eigenvalue weighted by Crippen LogP contribution is -2.37. The molecule has 0 aromatic heterocycles. The van der Waals surface area contributed by atoms with Gasteiger partial charge in [-0.15, -0.1) is 0 Å². The zero-order valence-corrected chi connectivity index (χ0v) is 12.2. The average Bonchev–Trinajstić information content (AvgIpc) is 2.30. The number of hydrogen-bond donors (Lipinski definition) is 3. The second-order valence-corrected chi connectivity index (χ2v) is 4.91. The SMILES string of the molecule is COc1cc(Br)cc(C)c1NC(=O)C(N)CC(=O)O. The molecule has 1 unspecified atom stereocenters. The Morgan fingerprint density at radius 2 is 2.16 bits per heavy atom. The molecule has 0 aliphatic carbocycles. The van der Waals surface area contributed by atoms with E-state index in [1.165, 1.54) is 7.11 Å². The van der Waals surface area contributed by atoms with Crippen molar-refractivity contribution in [2.75, 3.05) is 12.4 Å². The molecule has 0 bridgehead atoms. The van der Waals surface area contributed by atoms with Crippen LogP contribution in [0.2, 0.25) is 0 Å². The Morgan fingerprint density at radius 3 is 2.68 bits per heavy atom. The number of halogens is 1. The number of aryl methyl sites for hydroxylation is 1. The van der Waals surface area contributed by atoms with Gasteiger partial charge < -0.3 is 20.9 Å². The molecule has 0 saturated heterocycles. The molecule has 0 aliphatic rings. The Hall–Kier alpha value is -1.60. The zero-order valence-electron chi connectivity index (χ0n) is 10.6. The molecule has 1 aromatic carbocycles. The molecule has 0 spiro atoms. The van der Waals surface area contributed by atoms with Gasteiger partial charge in [-0.25, -0.2) is 0 Å². The summed E-state index contributed by atoms with van der Waals surface area (Å²) in [5, 5.41) is 11.2. The van der Waals surface area contributed by atoms with Gasteiger partial charge >= 0.3 is 5.97 Å². The number of carboxylic acids is 1. The summed E-state index contributed by atoms with van der Waals surface area (Å²) in [7, 11) is 1.48. The first-order chi connectivity index (χ1) is 8.85. The number of carbonyl (C=O) groups is 2. The number of carbonyl (C=O) groups excluding carboxylic acids is 1. The smallest absolute Gasteiger partial charge is 0.305 e. The van der Waals surface area contributed by atoms with Crippen LogP contribution in [0, 0.1) is 6.92 Å². The van der Waals surface area contributed by atoms with Crippen LogP contribution in [-0.2, 0) is 9.59 Å². The molecule has 104 valence electrons. The van der Waals surface area contributed by atoms with E-state index < -0.39 is 24.3 Å². The van der Waals surface area contributed by atoms with Gasteiger partial charge in [-0.2, -0.15) is 0 Å². The molecule has 0 fully saturated rings. The van der Waals surface area contributed by atoms with Crippen LogP contribution in [0.1, 0.15) is 12.0 Å². The minimum atomic E-state index is -1.12. The Balaban J connectivity index is 2.93. The lowest BCUT2D eigenvalue weighted by Gasteiger charge is -2.15. The lowest BCUT2D eigenvalue weighted by molar-refractivity contribution is -0.138. The molecular formula is C12H15BrN2O4. The predicted molar refractivity (Wildman–Crippen MR) is 74.3 cm³/mol. The number of rotatable bonds is 5. The largest absolute Gasteiger partial charge is 0.495 e. The zero-order chi connectivity index (χ0) is 14.6. The molecule has 0 saturated carbocycles. The highest BCUT2D eigenvalue weighted by Gasteiger charge is 2.19. The van der Waals surface area contributed by atoms with Crippen LogP contribution >= 0.6 is 15.9 Å². The number of hydrogen-bond acceptors (Lipinski definition) is 4. The minimum Gasteiger partial charge on any atom is -0.495 e. The van der Waals surface area contributed by atoms with Crippen LogP contribution in [-0.4, -0.2) is 30.1 Å². The molecule has 1 atom stereocenters. The van der Waals surface area contributed by atoms with Crippen molar-refractivity contribution in [1.82, 2.24) is 0 Å². The van der Waals surface area contributed by atoms with Crippen LogP contribution in [0.15, 0.2) is 16.6 Å². The predicted octanol–water partition coefficient (Wildman–Crippen LogP) is 1.51.